The van der Waals surface area contributed by atoms with Gasteiger partial charge in [-0.05, 0) is 79.8 Å². The lowest BCUT2D eigenvalue weighted by atomic mass is 9.88. The highest BCUT2D eigenvalue weighted by Gasteiger charge is 2.37. The minimum atomic E-state index is -0.748. The zero-order valence-corrected chi connectivity index (χ0v) is 20.4. The first-order chi connectivity index (χ1) is 18.0. The van der Waals surface area contributed by atoms with E-state index in [9.17, 15) is 19.2 Å². The number of imide groups is 1. The van der Waals surface area contributed by atoms with Crippen molar-refractivity contribution >= 4 is 29.4 Å². The molecule has 0 saturated carbocycles. The third kappa shape index (κ3) is 4.82. The van der Waals surface area contributed by atoms with Gasteiger partial charge in [0.25, 0.3) is 17.7 Å². The van der Waals surface area contributed by atoms with Crippen molar-refractivity contribution in [2.75, 3.05) is 18.1 Å². The summed E-state index contributed by atoms with van der Waals surface area (Å²) in [6.07, 6.45) is 2.77. The molecule has 188 valence electrons. The van der Waals surface area contributed by atoms with Gasteiger partial charge in [-0.2, -0.15) is 0 Å². The van der Waals surface area contributed by atoms with Crippen molar-refractivity contribution < 1.29 is 28.7 Å². The van der Waals surface area contributed by atoms with Gasteiger partial charge in [0.1, 0.15) is 5.75 Å². The third-order valence-electron chi connectivity index (χ3n) is 6.57. The number of hydrogen-bond donors (Lipinski definition) is 1. The fraction of sp³-hybridized carbons (Fsp3) is 0.241. The number of benzene rings is 3. The van der Waals surface area contributed by atoms with Crippen LogP contribution in [0.15, 0.2) is 66.7 Å². The number of aryl methyl sites for hydroxylation is 1. The summed E-state index contributed by atoms with van der Waals surface area (Å²) in [6.45, 7) is 1.92. The molecule has 3 aromatic rings. The Bertz CT molecular complexity index is 1380. The van der Waals surface area contributed by atoms with Gasteiger partial charge >= 0.3 is 5.97 Å². The van der Waals surface area contributed by atoms with Crippen LogP contribution in [-0.2, 0) is 16.0 Å². The quantitative estimate of drug-likeness (QED) is 0.386. The Morgan fingerprint density at radius 1 is 0.973 bits per heavy atom. The number of nitrogens with zero attached hydrogens (tertiary/aromatic N) is 1. The van der Waals surface area contributed by atoms with Crippen LogP contribution in [0.25, 0.3) is 0 Å². The maximum absolute atomic E-state index is 13.0. The second-order valence-corrected chi connectivity index (χ2v) is 8.92. The van der Waals surface area contributed by atoms with Crippen LogP contribution in [0.2, 0.25) is 0 Å². The molecular weight excluding hydrogens is 472 g/mol. The third-order valence-corrected chi connectivity index (χ3v) is 6.57. The van der Waals surface area contributed by atoms with Crippen LogP contribution in [0, 0.1) is 0 Å². The van der Waals surface area contributed by atoms with Crippen molar-refractivity contribution in [3.63, 3.8) is 0 Å². The van der Waals surface area contributed by atoms with Crippen molar-refractivity contribution in [1.82, 2.24) is 5.32 Å². The summed E-state index contributed by atoms with van der Waals surface area (Å²) in [5.74, 6) is -1.53. The van der Waals surface area contributed by atoms with E-state index in [-0.39, 0.29) is 22.7 Å². The second kappa shape index (κ2) is 10.3. The molecule has 1 aliphatic heterocycles. The standard InChI is InChI=1S/C29H26N2O6/c1-2-36-21-13-11-20(12-14-21)31-27(33)23-15-10-19(16-24(23)28(31)34)29(35)37-17-26(32)30-25-9-5-7-18-6-3-4-8-22(18)25/h3-4,6,8,10-16,25H,2,5,7,9,17H2,1H3,(H,30,32). The van der Waals surface area contributed by atoms with E-state index in [1.54, 1.807) is 24.3 Å². The summed E-state index contributed by atoms with van der Waals surface area (Å²) in [6, 6.07) is 18.7. The number of hydrogen-bond acceptors (Lipinski definition) is 6. The van der Waals surface area contributed by atoms with Gasteiger partial charge in [0.05, 0.1) is 35.0 Å². The van der Waals surface area contributed by atoms with E-state index in [2.05, 4.69) is 11.4 Å². The summed E-state index contributed by atoms with van der Waals surface area (Å²) in [5.41, 5.74) is 3.10. The Balaban J connectivity index is 1.23. The number of carbonyl (C=O) groups is 4. The van der Waals surface area contributed by atoms with Gasteiger partial charge in [0.2, 0.25) is 0 Å². The highest BCUT2D eigenvalue weighted by atomic mass is 16.5. The van der Waals surface area contributed by atoms with Crippen LogP contribution in [0.4, 0.5) is 5.69 Å². The van der Waals surface area contributed by atoms with Gasteiger partial charge in [0, 0.05) is 0 Å². The van der Waals surface area contributed by atoms with Gasteiger partial charge in [-0.3, -0.25) is 14.4 Å². The van der Waals surface area contributed by atoms with Crippen LogP contribution in [0.3, 0.4) is 0 Å². The normalized spacial score (nSPS) is 16.1. The first kappa shape index (κ1) is 24.2. The van der Waals surface area contributed by atoms with Crippen molar-refractivity contribution in [1.29, 1.82) is 0 Å². The fourth-order valence-corrected chi connectivity index (χ4v) is 4.81. The van der Waals surface area contributed by atoms with Gasteiger partial charge in [-0.1, -0.05) is 24.3 Å². The Hall–Kier alpha value is -4.46. The number of fused-ring (bicyclic) bond motifs is 2. The SMILES string of the molecule is CCOc1ccc(N2C(=O)c3ccc(C(=O)OCC(=O)NC4CCCc5ccccc54)cc3C2=O)cc1. The molecule has 0 bridgehead atoms. The number of anilines is 1. The second-order valence-electron chi connectivity index (χ2n) is 8.92. The van der Waals surface area contributed by atoms with Crippen LogP contribution in [-0.4, -0.2) is 36.9 Å². The molecule has 0 saturated heterocycles. The molecule has 0 radical (unpaired) electrons. The van der Waals surface area contributed by atoms with E-state index in [0.717, 1.165) is 29.7 Å². The first-order valence-corrected chi connectivity index (χ1v) is 12.3. The van der Waals surface area contributed by atoms with E-state index in [4.69, 9.17) is 9.47 Å². The number of nitrogens with one attached hydrogen (secondary N) is 1. The molecule has 1 atom stereocenters. The van der Waals surface area contributed by atoms with E-state index < -0.39 is 30.3 Å². The van der Waals surface area contributed by atoms with Crippen molar-refractivity contribution in [2.24, 2.45) is 0 Å². The summed E-state index contributed by atoms with van der Waals surface area (Å²) < 4.78 is 10.6. The van der Waals surface area contributed by atoms with Crippen LogP contribution >= 0.6 is 0 Å². The van der Waals surface area contributed by atoms with Crippen LogP contribution in [0.1, 0.15) is 68.0 Å². The maximum Gasteiger partial charge on any atom is 0.338 e. The number of ether oxygens (including phenoxy) is 2. The molecule has 2 aliphatic rings. The van der Waals surface area contributed by atoms with E-state index >= 15 is 0 Å². The molecule has 3 amide bonds. The molecule has 8 nitrogen and oxygen atoms in total. The van der Waals surface area contributed by atoms with Gasteiger partial charge in [-0.25, -0.2) is 9.69 Å². The number of amides is 3. The predicted molar refractivity (Wildman–Crippen MR) is 136 cm³/mol. The van der Waals surface area contributed by atoms with Gasteiger partial charge in [-0.15, -0.1) is 0 Å². The maximum atomic E-state index is 13.0. The van der Waals surface area contributed by atoms with E-state index in [1.807, 2.05) is 25.1 Å². The van der Waals surface area contributed by atoms with Gasteiger partial charge < -0.3 is 14.8 Å². The predicted octanol–water partition coefficient (Wildman–Crippen LogP) is 4.24. The smallest absolute Gasteiger partial charge is 0.338 e. The summed E-state index contributed by atoms with van der Waals surface area (Å²) in [4.78, 5) is 52.1. The summed E-state index contributed by atoms with van der Waals surface area (Å²) >= 11 is 0. The lowest BCUT2D eigenvalue weighted by molar-refractivity contribution is -0.125. The largest absolute Gasteiger partial charge is 0.494 e. The van der Waals surface area contributed by atoms with Gasteiger partial charge in [0.15, 0.2) is 6.61 Å². The Kier molecular flexibility index (Phi) is 6.72. The lowest BCUT2D eigenvalue weighted by Crippen LogP contribution is -2.34. The average Bonchev–Trinajstić information content (AvgIpc) is 3.17. The minimum absolute atomic E-state index is 0.0873. The van der Waals surface area contributed by atoms with Crippen molar-refractivity contribution in [2.45, 2.75) is 32.2 Å². The lowest BCUT2D eigenvalue weighted by Gasteiger charge is -2.26. The highest BCUT2D eigenvalue weighted by molar-refractivity contribution is 6.34. The van der Waals surface area contributed by atoms with E-state index in [1.165, 1.54) is 23.8 Å². The Morgan fingerprint density at radius 3 is 2.51 bits per heavy atom. The number of carbonyl (C=O) groups excluding carboxylic acids is 4. The number of esters is 1. The Labute approximate surface area is 214 Å². The molecule has 3 aromatic carbocycles. The molecule has 1 heterocycles. The molecule has 0 fully saturated rings. The molecular formula is C29H26N2O6. The van der Waals surface area contributed by atoms with Crippen LogP contribution in [0.5, 0.6) is 5.75 Å². The van der Waals surface area contributed by atoms with Crippen molar-refractivity contribution in [3.05, 3.63) is 94.5 Å². The molecule has 0 spiro atoms. The average molecular weight is 499 g/mol. The fourth-order valence-electron chi connectivity index (χ4n) is 4.81. The topological polar surface area (TPSA) is 102 Å². The zero-order chi connectivity index (χ0) is 25.9. The Morgan fingerprint density at radius 2 is 1.73 bits per heavy atom. The first-order valence-electron chi connectivity index (χ1n) is 12.3. The monoisotopic (exact) mass is 498 g/mol. The van der Waals surface area contributed by atoms with Crippen molar-refractivity contribution in [3.8, 4) is 5.75 Å². The summed E-state index contributed by atoms with van der Waals surface area (Å²) in [5, 5.41) is 2.94. The molecule has 1 unspecified atom stereocenters. The number of rotatable bonds is 7. The zero-order valence-electron chi connectivity index (χ0n) is 20.4. The molecule has 0 aromatic heterocycles. The van der Waals surface area contributed by atoms with Crippen LogP contribution < -0.4 is 15.0 Å². The highest BCUT2D eigenvalue weighted by Crippen LogP contribution is 2.31. The molecule has 1 N–H and O–H groups in total. The minimum Gasteiger partial charge on any atom is -0.494 e. The summed E-state index contributed by atoms with van der Waals surface area (Å²) in [7, 11) is 0. The molecule has 5 rings (SSSR count). The molecule has 8 heteroatoms. The van der Waals surface area contributed by atoms with E-state index in [0.29, 0.717) is 18.0 Å². The molecule has 37 heavy (non-hydrogen) atoms. The molecule has 1 aliphatic carbocycles.